The third-order valence-corrected chi connectivity index (χ3v) is 4.17. The van der Waals surface area contributed by atoms with Crippen LogP contribution in [0.2, 0.25) is 0 Å². The number of halogens is 4. The Balaban J connectivity index is 2.28. The highest BCUT2D eigenvalue weighted by Crippen LogP contribution is 2.29. The molecule has 0 unspecified atom stereocenters. The highest BCUT2D eigenvalue weighted by atomic mass is 19.3. The predicted molar refractivity (Wildman–Crippen MR) is 86.9 cm³/mol. The molecule has 0 saturated heterocycles. The smallest absolute Gasteiger partial charge is 0.299 e. The molecule has 0 aliphatic heterocycles. The molecule has 0 heterocycles. The van der Waals surface area contributed by atoms with Gasteiger partial charge in [0.25, 0.3) is 0 Å². The second-order valence-corrected chi connectivity index (χ2v) is 5.75. The minimum Gasteiger partial charge on any atom is -0.299 e. The number of benzene rings is 2. The number of rotatable bonds is 8. The summed E-state index contributed by atoms with van der Waals surface area (Å²) in [5.74, 6) is 0. The summed E-state index contributed by atoms with van der Waals surface area (Å²) < 4.78 is 69.1. The maximum atomic E-state index is 13.1. The summed E-state index contributed by atoms with van der Waals surface area (Å²) in [5, 5.41) is 1.58. The van der Waals surface area contributed by atoms with Crippen LogP contribution in [-0.4, -0.2) is 26.8 Å². The molecule has 2 rings (SSSR count). The van der Waals surface area contributed by atoms with Crippen molar-refractivity contribution in [2.45, 2.75) is 39.7 Å². The van der Waals surface area contributed by atoms with E-state index in [0.717, 1.165) is 36.1 Å². The van der Waals surface area contributed by atoms with E-state index in [4.69, 9.17) is 0 Å². The summed E-state index contributed by atoms with van der Waals surface area (Å²) in [4.78, 5) is 0. The first kappa shape index (κ1) is 20.6. The molecule has 0 radical (unpaired) electrons. The molecule has 0 saturated carbocycles. The Kier molecular flexibility index (Phi) is 6.23. The average molecular weight is 376 g/mol. The summed E-state index contributed by atoms with van der Waals surface area (Å²) in [7, 11) is 1.71. The molecule has 0 fully saturated rings. The summed E-state index contributed by atoms with van der Waals surface area (Å²) in [6.07, 6.45) is -7.32. The second-order valence-electron chi connectivity index (χ2n) is 5.75. The van der Waals surface area contributed by atoms with Crippen molar-refractivity contribution in [3.8, 4) is 0 Å². The first-order chi connectivity index (χ1) is 12.1. The molecule has 0 amide bonds. The van der Waals surface area contributed by atoms with Gasteiger partial charge in [-0.15, -0.1) is 17.6 Å². The molecule has 0 atom stereocenters. The third-order valence-electron chi connectivity index (χ3n) is 4.17. The topological polar surface area (TPSA) is 36.9 Å². The number of methoxy groups -OCH3 is 2. The number of ether oxygens (including phenoxy) is 4. The highest BCUT2D eigenvalue weighted by Gasteiger charge is 2.31. The van der Waals surface area contributed by atoms with Gasteiger partial charge >= 0.3 is 12.6 Å². The van der Waals surface area contributed by atoms with Crippen LogP contribution in [0.1, 0.15) is 22.3 Å². The van der Waals surface area contributed by atoms with Gasteiger partial charge in [-0.3, -0.25) is 18.9 Å². The van der Waals surface area contributed by atoms with Gasteiger partial charge in [-0.2, -0.15) is 0 Å². The maximum Gasteiger partial charge on any atom is 0.485 e. The molecule has 2 aromatic rings. The number of fused-ring (bicyclic) bond motifs is 1. The fourth-order valence-electron chi connectivity index (χ4n) is 2.48. The Hall–Kier alpha value is -1.74. The Morgan fingerprint density at radius 1 is 0.808 bits per heavy atom. The van der Waals surface area contributed by atoms with Crippen molar-refractivity contribution in [2.75, 3.05) is 14.2 Å². The van der Waals surface area contributed by atoms with Crippen LogP contribution in [0.3, 0.4) is 0 Å². The van der Waals surface area contributed by atoms with Crippen molar-refractivity contribution in [2.24, 2.45) is 0 Å². The van der Waals surface area contributed by atoms with Gasteiger partial charge < -0.3 is 0 Å². The molecule has 26 heavy (non-hydrogen) atoms. The predicted octanol–water partition coefficient (Wildman–Crippen LogP) is 4.88. The number of alkyl halides is 4. The van der Waals surface area contributed by atoms with E-state index in [1.807, 2.05) is 6.92 Å². The molecule has 0 N–H and O–H groups in total. The number of hydrogen-bond donors (Lipinski definition) is 0. The Labute approximate surface area is 148 Å². The minimum atomic E-state index is -3.66. The normalized spacial score (nSPS) is 12.8. The van der Waals surface area contributed by atoms with Gasteiger partial charge in [0.1, 0.15) is 0 Å². The summed E-state index contributed by atoms with van der Waals surface area (Å²) >= 11 is 0. The first-order valence-electron chi connectivity index (χ1n) is 7.74. The standard InChI is InChI=1S/C18H20F4O4/c1-11-12(2)16-7-13(9-25-17(19,20)23-3)5-6-14(16)8-15(11)10-26-18(21,22)24-4/h5-8H,9-10H2,1-4H3. The van der Waals surface area contributed by atoms with Crippen LogP contribution < -0.4 is 0 Å². The van der Waals surface area contributed by atoms with E-state index in [-0.39, 0.29) is 13.2 Å². The fraction of sp³-hybridized carbons (Fsp3) is 0.444. The molecule has 0 aliphatic carbocycles. The molecule has 2 aromatic carbocycles. The maximum absolute atomic E-state index is 13.1. The van der Waals surface area contributed by atoms with Crippen LogP contribution in [0.15, 0.2) is 24.3 Å². The van der Waals surface area contributed by atoms with Gasteiger partial charge in [-0.05, 0) is 59.0 Å². The van der Waals surface area contributed by atoms with Crippen LogP contribution in [-0.2, 0) is 32.2 Å². The van der Waals surface area contributed by atoms with Crippen LogP contribution >= 0.6 is 0 Å². The third kappa shape index (κ3) is 4.91. The lowest BCUT2D eigenvalue weighted by atomic mass is 9.95. The van der Waals surface area contributed by atoms with E-state index in [0.29, 0.717) is 11.1 Å². The van der Waals surface area contributed by atoms with Crippen LogP contribution in [0.5, 0.6) is 0 Å². The molecule has 0 aromatic heterocycles. The molecule has 8 heteroatoms. The first-order valence-corrected chi connectivity index (χ1v) is 7.74. The molecular formula is C18H20F4O4. The Bertz CT molecular complexity index is 777. The Morgan fingerprint density at radius 2 is 1.38 bits per heavy atom. The average Bonchev–Trinajstić information content (AvgIpc) is 2.62. The molecule has 144 valence electrons. The molecule has 0 aliphatic rings. The molecular weight excluding hydrogens is 356 g/mol. The van der Waals surface area contributed by atoms with Gasteiger partial charge in [0.05, 0.1) is 13.2 Å². The van der Waals surface area contributed by atoms with Crippen molar-refractivity contribution in [1.82, 2.24) is 0 Å². The van der Waals surface area contributed by atoms with Gasteiger partial charge in [0, 0.05) is 14.2 Å². The summed E-state index contributed by atoms with van der Waals surface area (Å²) in [6, 6.07) is 6.77. The van der Waals surface area contributed by atoms with E-state index in [9.17, 15) is 17.6 Å². The largest absolute Gasteiger partial charge is 0.485 e. The van der Waals surface area contributed by atoms with Crippen LogP contribution in [0.4, 0.5) is 17.6 Å². The number of hydrogen-bond acceptors (Lipinski definition) is 4. The lowest BCUT2D eigenvalue weighted by molar-refractivity contribution is -0.388. The van der Waals surface area contributed by atoms with E-state index >= 15 is 0 Å². The van der Waals surface area contributed by atoms with E-state index in [1.54, 1.807) is 31.2 Å². The van der Waals surface area contributed by atoms with Crippen molar-refractivity contribution < 1.29 is 36.5 Å². The van der Waals surface area contributed by atoms with E-state index in [2.05, 4.69) is 18.9 Å². The lowest BCUT2D eigenvalue weighted by Gasteiger charge is -2.18. The van der Waals surface area contributed by atoms with Crippen molar-refractivity contribution >= 4 is 10.8 Å². The van der Waals surface area contributed by atoms with Gasteiger partial charge in [-0.25, -0.2) is 0 Å². The molecule has 0 spiro atoms. The summed E-state index contributed by atoms with van der Waals surface area (Å²) in [6.45, 7) is 2.94. The monoisotopic (exact) mass is 376 g/mol. The Morgan fingerprint density at radius 3 is 1.96 bits per heavy atom. The quantitative estimate of drug-likeness (QED) is 0.486. The zero-order valence-corrected chi connectivity index (χ0v) is 14.9. The number of aryl methyl sites for hydroxylation is 1. The van der Waals surface area contributed by atoms with Crippen molar-refractivity contribution in [3.05, 3.63) is 46.5 Å². The summed E-state index contributed by atoms with van der Waals surface area (Å²) in [5.41, 5.74) is 2.72. The lowest BCUT2D eigenvalue weighted by Crippen LogP contribution is -2.23. The minimum absolute atomic E-state index is 0.325. The van der Waals surface area contributed by atoms with Crippen molar-refractivity contribution in [1.29, 1.82) is 0 Å². The molecule has 4 nitrogen and oxygen atoms in total. The van der Waals surface area contributed by atoms with Crippen LogP contribution in [0, 0.1) is 13.8 Å². The zero-order valence-electron chi connectivity index (χ0n) is 14.9. The highest BCUT2D eigenvalue weighted by molar-refractivity contribution is 5.88. The van der Waals surface area contributed by atoms with E-state index in [1.165, 1.54) is 0 Å². The molecule has 0 bridgehead atoms. The fourth-order valence-corrected chi connectivity index (χ4v) is 2.48. The van der Waals surface area contributed by atoms with E-state index < -0.39 is 12.6 Å². The van der Waals surface area contributed by atoms with Gasteiger partial charge in [-0.1, -0.05) is 12.1 Å². The van der Waals surface area contributed by atoms with Crippen LogP contribution in [0.25, 0.3) is 10.8 Å². The second kappa shape index (κ2) is 7.87. The zero-order chi connectivity index (χ0) is 19.5. The SMILES string of the molecule is COC(F)(F)OCc1ccc2cc(COC(F)(F)OC)c(C)c(C)c2c1. The van der Waals surface area contributed by atoms with Crippen molar-refractivity contribution in [3.63, 3.8) is 0 Å². The van der Waals surface area contributed by atoms with Gasteiger partial charge in [0.2, 0.25) is 0 Å². The van der Waals surface area contributed by atoms with Gasteiger partial charge in [0.15, 0.2) is 0 Å².